The Kier molecular flexibility index (Phi) is 5.01. The molecule has 0 radical (unpaired) electrons. The summed E-state index contributed by atoms with van der Waals surface area (Å²) in [4.78, 5) is 12.0. The van der Waals surface area contributed by atoms with Crippen LogP contribution in [0.2, 0.25) is 0 Å². The SMILES string of the molecule is Cc1cccc(NC(=O)NCC(C)(O)c2ccc(F)cc2)c1C. The molecule has 0 saturated carbocycles. The number of anilines is 1. The number of amides is 2. The van der Waals surface area contributed by atoms with Gasteiger partial charge in [0, 0.05) is 5.69 Å². The molecule has 0 heterocycles. The van der Waals surface area contributed by atoms with Crippen molar-refractivity contribution in [1.82, 2.24) is 5.32 Å². The maximum atomic E-state index is 12.9. The third-order valence-corrected chi connectivity index (χ3v) is 3.91. The summed E-state index contributed by atoms with van der Waals surface area (Å²) < 4.78 is 12.9. The maximum absolute atomic E-state index is 12.9. The molecule has 0 spiro atoms. The van der Waals surface area contributed by atoms with Gasteiger partial charge in [0.2, 0.25) is 0 Å². The first kappa shape index (κ1) is 17.0. The molecule has 2 rings (SSSR count). The lowest BCUT2D eigenvalue weighted by molar-refractivity contribution is 0.0599. The number of urea groups is 1. The number of nitrogens with one attached hydrogen (secondary N) is 2. The Morgan fingerprint density at radius 3 is 2.48 bits per heavy atom. The van der Waals surface area contributed by atoms with E-state index >= 15 is 0 Å². The van der Waals surface area contributed by atoms with E-state index in [4.69, 9.17) is 0 Å². The molecule has 4 nitrogen and oxygen atoms in total. The Hall–Kier alpha value is -2.40. The van der Waals surface area contributed by atoms with Crippen molar-refractivity contribution in [3.8, 4) is 0 Å². The molecule has 23 heavy (non-hydrogen) atoms. The van der Waals surface area contributed by atoms with E-state index in [2.05, 4.69) is 10.6 Å². The highest BCUT2D eigenvalue weighted by atomic mass is 19.1. The number of carbonyl (C=O) groups excluding carboxylic acids is 1. The topological polar surface area (TPSA) is 61.4 Å². The molecule has 0 bridgehead atoms. The van der Waals surface area contributed by atoms with E-state index in [-0.39, 0.29) is 12.4 Å². The van der Waals surface area contributed by atoms with Crippen molar-refractivity contribution >= 4 is 11.7 Å². The average molecular weight is 316 g/mol. The van der Waals surface area contributed by atoms with Gasteiger partial charge in [-0.1, -0.05) is 24.3 Å². The lowest BCUT2D eigenvalue weighted by Crippen LogP contribution is -2.40. The first-order valence-corrected chi connectivity index (χ1v) is 7.39. The zero-order valence-corrected chi connectivity index (χ0v) is 13.5. The zero-order valence-electron chi connectivity index (χ0n) is 13.5. The van der Waals surface area contributed by atoms with E-state index in [1.54, 1.807) is 6.92 Å². The summed E-state index contributed by atoms with van der Waals surface area (Å²) in [7, 11) is 0. The summed E-state index contributed by atoms with van der Waals surface area (Å²) in [5.41, 5.74) is 2.05. The van der Waals surface area contributed by atoms with Crippen molar-refractivity contribution in [2.45, 2.75) is 26.4 Å². The molecule has 1 unspecified atom stereocenters. The molecule has 5 heteroatoms. The minimum Gasteiger partial charge on any atom is -0.384 e. The molecule has 3 N–H and O–H groups in total. The van der Waals surface area contributed by atoms with Crippen LogP contribution in [0.4, 0.5) is 14.9 Å². The number of carbonyl (C=O) groups is 1. The molecule has 0 aliphatic carbocycles. The molecule has 1 atom stereocenters. The normalized spacial score (nSPS) is 13.3. The van der Waals surface area contributed by atoms with Gasteiger partial charge in [-0.2, -0.15) is 0 Å². The summed E-state index contributed by atoms with van der Waals surface area (Å²) in [6.45, 7) is 5.48. The molecule has 0 fully saturated rings. The van der Waals surface area contributed by atoms with Gasteiger partial charge >= 0.3 is 6.03 Å². The number of aryl methyl sites for hydroxylation is 1. The second-order valence-corrected chi connectivity index (χ2v) is 5.84. The van der Waals surface area contributed by atoms with Gasteiger partial charge in [-0.15, -0.1) is 0 Å². The van der Waals surface area contributed by atoms with Crippen LogP contribution in [0.1, 0.15) is 23.6 Å². The van der Waals surface area contributed by atoms with Gasteiger partial charge in [0.15, 0.2) is 0 Å². The molecule has 0 saturated heterocycles. The third kappa shape index (κ3) is 4.29. The number of halogens is 1. The van der Waals surface area contributed by atoms with Gasteiger partial charge in [-0.25, -0.2) is 9.18 Å². The van der Waals surface area contributed by atoms with E-state index in [9.17, 15) is 14.3 Å². The van der Waals surface area contributed by atoms with Crippen LogP contribution in [-0.4, -0.2) is 17.7 Å². The molecule has 0 aromatic heterocycles. The van der Waals surface area contributed by atoms with Crippen LogP contribution in [0.15, 0.2) is 42.5 Å². The van der Waals surface area contributed by atoms with Gasteiger partial charge in [-0.05, 0) is 55.7 Å². The fourth-order valence-corrected chi connectivity index (χ4v) is 2.22. The van der Waals surface area contributed by atoms with E-state index in [1.807, 2.05) is 32.0 Å². The summed E-state index contributed by atoms with van der Waals surface area (Å²) in [5.74, 6) is -0.370. The van der Waals surface area contributed by atoms with Crippen LogP contribution in [-0.2, 0) is 5.60 Å². The minimum atomic E-state index is -1.29. The first-order valence-electron chi connectivity index (χ1n) is 7.39. The van der Waals surface area contributed by atoms with E-state index < -0.39 is 11.6 Å². The average Bonchev–Trinajstić information content (AvgIpc) is 2.50. The lowest BCUT2D eigenvalue weighted by Gasteiger charge is -2.24. The molecule has 2 amide bonds. The zero-order chi connectivity index (χ0) is 17.0. The van der Waals surface area contributed by atoms with Crippen molar-refractivity contribution in [3.05, 3.63) is 65.0 Å². The predicted octanol–water partition coefficient (Wildman–Crippen LogP) is 3.47. The number of rotatable bonds is 4. The van der Waals surface area contributed by atoms with Crippen molar-refractivity contribution in [1.29, 1.82) is 0 Å². The fourth-order valence-electron chi connectivity index (χ4n) is 2.22. The van der Waals surface area contributed by atoms with Gasteiger partial charge in [0.05, 0.1) is 6.54 Å². The fraction of sp³-hybridized carbons (Fsp3) is 0.278. The molecule has 2 aromatic carbocycles. The third-order valence-electron chi connectivity index (χ3n) is 3.91. The van der Waals surface area contributed by atoms with E-state index in [0.717, 1.165) is 16.8 Å². The van der Waals surface area contributed by atoms with Gasteiger partial charge in [0.1, 0.15) is 11.4 Å². The predicted molar refractivity (Wildman–Crippen MR) is 88.9 cm³/mol. The molecule has 0 aliphatic heterocycles. The van der Waals surface area contributed by atoms with Crippen LogP contribution in [0.3, 0.4) is 0 Å². The second kappa shape index (κ2) is 6.79. The van der Waals surface area contributed by atoms with Crippen LogP contribution in [0.5, 0.6) is 0 Å². The van der Waals surface area contributed by atoms with Crippen molar-refractivity contribution in [2.24, 2.45) is 0 Å². The highest BCUT2D eigenvalue weighted by Crippen LogP contribution is 2.20. The molecule has 2 aromatic rings. The standard InChI is InChI=1S/C18H21FN2O2/c1-12-5-4-6-16(13(12)2)21-17(22)20-11-18(3,23)14-7-9-15(19)10-8-14/h4-10,23H,11H2,1-3H3,(H2,20,21,22). The maximum Gasteiger partial charge on any atom is 0.319 e. The Morgan fingerprint density at radius 2 is 1.83 bits per heavy atom. The Labute approximate surface area is 135 Å². The van der Waals surface area contributed by atoms with Crippen LogP contribution in [0.25, 0.3) is 0 Å². The number of hydrogen-bond donors (Lipinski definition) is 3. The first-order chi connectivity index (χ1) is 10.8. The van der Waals surface area contributed by atoms with Gasteiger partial charge < -0.3 is 15.7 Å². The highest BCUT2D eigenvalue weighted by Gasteiger charge is 2.23. The van der Waals surface area contributed by atoms with E-state index in [1.165, 1.54) is 24.3 Å². The molecular weight excluding hydrogens is 295 g/mol. The lowest BCUT2D eigenvalue weighted by atomic mass is 9.96. The molecule has 122 valence electrons. The summed E-state index contributed by atoms with van der Waals surface area (Å²) >= 11 is 0. The van der Waals surface area contributed by atoms with Crippen molar-refractivity contribution < 1.29 is 14.3 Å². The smallest absolute Gasteiger partial charge is 0.319 e. The summed E-state index contributed by atoms with van der Waals surface area (Å²) in [6, 6.07) is 10.8. The van der Waals surface area contributed by atoms with Gasteiger partial charge in [-0.3, -0.25) is 0 Å². The van der Waals surface area contributed by atoms with Crippen LogP contribution >= 0.6 is 0 Å². The number of benzene rings is 2. The summed E-state index contributed by atoms with van der Waals surface area (Å²) in [5, 5.41) is 15.8. The van der Waals surface area contributed by atoms with Crippen LogP contribution in [0, 0.1) is 19.7 Å². The van der Waals surface area contributed by atoms with Crippen molar-refractivity contribution in [3.63, 3.8) is 0 Å². The largest absolute Gasteiger partial charge is 0.384 e. The number of aliphatic hydroxyl groups is 1. The molecule has 0 aliphatic rings. The Morgan fingerprint density at radius 1 is 1.17 bits per heavy atom. The van der Waals surface area contributed by atoms with Crippen molar-refractivity contribution in [2.75, 3.05) is 11.9 Å². The highest BCUT2D eigenvalue weighted by molar-refractivity contribution is 5.90. The quantitative estimate of drug-likeness (QED) is 0.809. The minimum absolute atomic E-state index is 0.00926. The second-order valence-electron chi connectivity index (χ2n) is 5.84. The summed E-state index contributed by atoms with van der Waals surface area (Å²) in [6.07, 6.45) is 0. The Balaban J connectivity index is 1.98. The van der Waals surface area contributed by atoms with Crippen LogP contribution < -0.4 is 10.6 Å². The number of hydrogen-bond acceptors (Lipinski definition) is 2. The Bertz CT molecular complexity index is 697. The van der Waals surface area contributed by atoms with Gasteiger partial charge in [0.25, 0.3) is 0 Å². The monoisotopic (exact) mass is 316 g/mol. The van der Waals surface area contributed by atoms with E-state index in [0.29, 0.717) is 5.56 Å². The molecular formula is C18H21FN2O2.